The van der Waals surface area contributed by atoms with E-state index in [4.69, 9.17) is 11.6 Å². The van der Waals surface area contributed by atoms with Gasteiger partial charge in [-0.1, -0.05) is 68.2 Å². The third-order valence-corrected chi connectivity index (χ3v) is 7.52. The number of unbranched alkanes of at least 4 members (excludes halogenated alkanes) is 1. The molecule has 4 unspecified atom stereocenters. The summed E-state index contributed by atoms with van der Waals surface area (Å²) in [6, 6.07) is 16.8. The summed E-state index contributed by atoms with van der Waals surface area (Å²) < 4.78 is 0. The van der Waals surface area contributed by atoms with Crippen molar-refractivity contribution in [1.29, 1.82) is 0 Å². The van der Waals surface area contributed by atoms with Gasteiger partial charge in [-0.05, 0) is 97.7 Å². The lowest BCUT2D eigenvalue weighted by molar-refractivity contribution is 0.113. The topological polar surface area (TPSA) is 0 Å². The van der Waals surface area contributed by atoms with Crippen LogP contribution in [0.25, 0.3) is 0 Å². The van der Waals surface area contributed by atoms with E-state index in [1.54, 1.807) is 0 Å². The summed E-state index contributed by atoms with van der Waals surface area (Å²) in [5.74, 6) is 10.3. The van der Waals surface area contributed by atoms with Gasteiger partial charge in [0.1, 0.15) is 0 Å². The maximum absolute atomic E-state index is 5.94. The standard InChI is InChI=1S/C28H33Cl/c1-2-3-4-23-9-14-27-20-26(16-15-25(27)19-23)24-12-7-21(8-13-24)5-6-22-10-17-28(29)18-11-22/h7-8,10-13,17-18,23,25-27H,2-4,9,14-16,19-20H2,1H3. The Bertz CT molecular complexity index is 837. The van der Waals surface area contributed by atoms with Crippen molar-refractivity contribution in [3.63, 3.8) is 0 Å². The van der Waals surface area contributed by atoms with Crippen LogP contribution in [0.4, 0.5) is 0 Å². The first kappa shape index (κ1) is 20.6. The Morgan fingerprint density at radius 1 is 0.793 bits per heavy atom. The van der Waals surface area contributed by atoms with Gasteiger partial charge in [0.15, 0.2) is 0 Å². The lowest BCUT2D eigenvalue weighted by atomic mass is 9.63. The van der Waals surface area contributed by atoms with Gasteiger partial charge in [0.05, 0.1) is 0 Å². The molecule has 0 amide bonds. The van der Waals surface area contributed by atoms with Crippen LogP contribution in [0.15, 0.2) is 48.5 Å². The molecule has 0 nitrogen and oxygen atoms in total. The zero-order valence-electron chi connectivity index (χ0n) is 17.7. The second-order valence-corrected chi connectivity index (χ2v) is 9.67. The van der Waals surface area contributed by atoms with Crippen molar-refractivity contribution in [3.8, 4) is 11.8 Å². The van der Waals surface area contributed by atoms with Crippen molar-refractivity contribution in [2.24, 2.45) is 17.8 Å². The van der Waals surface area contributed by atoms with Crippen molar-refractivity contribution in [1.82, 2.24) is 0 Å². The Morgan fingerprint density at radius 2 is 1.41 bits per heavy atom. The molecule has 0 heterocycles. The number of fused-ring (bicyclic) bond motifs is 1. The largest absolute Gasteiger partial charge is 0.0843 e. The summed E-state index contributed by atoms with van der Waals surface area (Å²) in [6.07, 6.45) is 12.9. The van der Waals surface area contributed by atoms with E-state index in [1.165, 1.54) is 63.4 Å². The maximum Gasteiger partial charge on any atom is 0.0406 e. The molecule has 1 heteroatoms. The molecule has 29 heavy (non-hydrogen) atoms. The van der Waals surface area contributed by atoms with Crippen LogP contribution >= 0.6 is 11.6 Å². The van der Waals surface area contributed by atoms with Crippen LogP contribution in [-0.2, 0) is 0 Å². The molecule has 2 fully saturated rings. The molecule has 0 bridgehead atoms. The SMILES string of the molecule is CCCCC1CCC2CC(c3ccc(C#Cc4ccc(Cl)cc4)cc3)CCC2C1. The molecule has 4 atom stereocenters. The van der Waals surface area contributed by atoms with Gasteiger partial charge >= 0.3 is 0 Å². The number of hydrogen-bond acceptors (Lipinski definition) is 0. The van der Waals surface area contributed by atoms with Gasteiger partial charge in [0.25, 0.3) is 0 Å². The van der Waals surface area contributed by atoms with E-state index >= 15 is 0 Å². The number of rotatable bonds is 4. The Balaban J connectivity index is 1.34. The fourth-order valence-corrected chi connectivity index (χ4v) is 5.69. The summed E-state index contributed by atoms with van der Waals surface area (Å²) in [4.78, 5) is 0. The lowest BCUT2D eigenvalue weighted by Gasteiger charge is -2.42. The maximum atomic E-state index is 5.94. The molecule has 0 radical (unpaired) electrons. The minimum absolute atomic E-state index is 0.752. The molecule has 0 N–H and O–H groups in total. The van der Waals surface area contributed by atoms with Crippen molar-refractivity contribution in [2.45, 2.75) is 70.6 Å². The molecule has 4 rings (SSSR count). The fraction of sp³-hybridized carbons (Fsp3) is 0.500. The Kier molecular flexibility index (Phi) is 6.99. The van der Waals surface area contributed by atoms with Gasteiger partial charge in [0.2, 0.25) is 0 Å². The predicted octanol–water partition coefficient (Wildman–Crippen LogP) is 8.23. The molecule has 0 spiro atoms. The van der Waals surface area contributed by atoms with E-state index in [-0.39, 0.29) is 0 Å². The minimum atomic E-state index is 0.752. The highest BCUT2D eigenvalue weighted by Gasteiger charge is 2.35. The average molecular weight is 405 g/mol. The first-order valence-corrected chi connectivity index (χ1v) is 12.0. The molecule has 0 aromatic heterocycles. The number of benzene rings is 2. The molecular formula is C28H33Cl. The highest BCUT2D eigenvalue weighted by Crippen LogP contribution is 2.48. The normalized spacial score (nSPS) is 26.3. The van der Waals surface area contributed by atoms with Crippen LogP contribution in [0.3, 0.4) is 0 Å². The minimum Gasteiger partial charge on any atom is -0.0843 e. The molecule has 2 aliphatic rings. The Morgan fingerprint density at radius 3 is 2.10 bits per heavy atom. The molecule has 2 saturated carbocycles. The van der Waals surface area contributed by atoms with Crippen LogP contribution in [0.1, 0.15) is 87.3 Å². The summed E-state index contributed by atoms with van der Waals surface area (Å²) in [5, 5.41) is 0.754. The average Bonchev–Trinajstić information content (AvgIpc) is 2.77. The second kappa shape index (κ2) is 9.86. The van der Waals surface area contributed by atoms with Crippen molar-refractivity contribution >= 4 is 11.6 Å². The van der Waals surface area contributed by atoms with Gasteiger partial charge in [-0.2, -0.15) is 0 Å². The van der Waals surface area contributed by atoms with Crippen molar-refractivity contribution < 1.29 is 0 Å². The first-order valence-electron chi connectivity index (χ1n) is 11.6. The Hall–Kier alpha value is -1.71. The van der Waals surface area contributed by atoms with Gasteiger partial charge in [-0.15, -0.1) is 0 Å². The number of hydrogen-bond donors (Lipinski definition) is 0. The molecule has 2 aromatic rings. The van der Waals surface area contributed by atoms with Gasteiger partial charge in [-0.25, -0.2) is 0 Å². The van der Waals surface area contributed by atoms with Crippen molar-refractivity contribution in [2.75, 3.05) is 0 Å². The van der Waals surface area contributed by atoms with Crippen LogP contribution in [-0.4, -0.2) is 0 Å². The van der Waals surface area contributed by atoms with Crippen LogP contribution < -0.4 is 0 Å². The zero-order chi connectivity index (χ0) is 20.1. The molecule has 152 valence electrons. The smallest absolute Gasteiger partial charge is 0.0406 e. The molecule has 2 aliphatic carbocycles. The zero-order valence-corrected chi connectivity index (χ0v) is 18.4. The van der Waals surface area contributed by atoms with E-state index in [9.17, 15) is 0 Å². The van der Waals surface area contributed by atoms with Crippen LogP contribution in [0.2, 0.25) is 5.02 Å². The van der Waals surface area contributed by atoms with E-state index in [0.717, 1.165) is 39.8 Å². The van der Waals surface area contributed by atoms with Gasteiger partial charge < -0.3 is 0 Å². The lowest BCUT2D eigenvalue weighted by Crippen LogP contribution is -2.30. The summed E-state index contributed by atoms with van der Waals surface area (Å²) in [5.41, 5.74) is 3.62. The summed E-state index contributed by atoms with van der Waals surface area (Å²) >= 11 is 5.94. The summed E-state index contributed by atoms with van der Waals surface area (Å²) in [7, 11) is 0. The van der Waals surface area contributed by atoms with E-state index in [2.05, 4.69) is 43.0 Å². The third kappa shape index (κ3) is 5.46. The monoisotopic (exact) mass is 404 g/mol. The van der Waals surface area contributed by atoms with E-state index < -0.39 is 0 Å². The van der Waals surface area contributed by atoms with E-state index in [1.807, 2.05) is 24.3 Å². The van der Waals surface area contributed by atoms with Crippen molar-refractivity contribution in [3.05, 3.63) is 70.2 Å². The fourth-order valence-electron chi connectivity index (χ4n) is 5.56. The molecule has 0 aliphatic heterocycles. The second-order valence-electron chi connectivity index (χ2n) is 9.23. The third-order valence-electron chi connectivity index (χ3n) is 7.27. The quantitative estimate of drug-likeness (QED) is 0.450. The predicted molar refractivity (Wildman–Crippen MR) is 124 cm³/mol. The van der Waals surface area contributed by atoms with Crippen LogP contribution in [0.5, 0.6) is 0 Å². The van der Waals surface area contributed by atoms with Gasteiger partial charge in [0, 0.05) is 16.1 Å². The van der Waals surface area contributed by atoms with Crippen LogP contribution in [0, 0.1) is 29.6 Å². The highest BCUT2D eigenvalue weighted by atomic mass is 35.5. The van der Waals surface area contributed by atoms with E-state index in [0.29, 0.717) is 0 Å². The molecule has 0 saturated heterocycles. The number of halogens is 1. The molecule has 2 aromatic carbocycles. The molecular weight excluding hydrogens is 372 g/mol. The van der Waals surface area contributed by atoms with Gasteiger partial charge in [-0.3, -0.25) is 0 Å². The highest BCUT2D eigenvalue weighted by molar-refractivity contribution is 6.30. The Labute approximate surface area is 182 Å². The first-order chi connectivity index (χ1) is 14.2. The summed E-state index contributed by atoms with van der Waals surface area (Å²) in [6.45, 7) is 2.32.